The summed E-state index contributed by atoms with van der Waals surface area (Å²) in [7, 11) is 1.24. The van der Waals surface area contributed by atoms with E-state index in [4.69, 9.17) is 5.11 Å². The molecule has 1 amide bonds. The van der Waals surface area contributed by atoms with Crippen molar-refractivity contribution in [3.05, 3.63) is 65.2 Å². The second-order valence-corrected chi connectivity index (χ2v) is 4.34. The lowest BCUT2D eigenvalue weighted by molar-refractivity contribution is 0.0601. The molecule has 0 heterocycles. The Balaban J connectivity index is 2.35. The first-order chi connectivity index (χ1) is 10.5. The molecule has 2 rings (SSSR count). The highest BCUT2D eigenvalue weighted by atomic mass is 16.5. The zero-order valence-electron chi connectivity index (χ0n) is 11.7. The van der Waals surface area contributed by atoms with Crippen molar-refractivity contribution in [3.8, 4) is 0 Å². The molecule has 6 heteroatoms. The predicted octanol–water partition coefficient (Wildman–Crippen LogP) is 2.42. The number of esters is 1. The Morgan fingerprint density at radius 2 is 1.45 bits per heavy atom. The molecule has 112 valence electrons. The first-order valence-electron chi connectivity index (χ1n) is 6.35. The number of rotatable bonds is 4. The number of para-hydroxylation sites is 1. The second kappa shape index (κ2) is 6.53. The average molecular weight is 299 g/mol. The lowest BCUT2D eigenvalue weighted by atomic mass is 10.1. The maximum atomic E-state index is 12.3. The fourth-order valence-electron chi connectivity index (χ4n) is 1.94. The minimum Gasteiger partial charge on any atom is -0.478 e. The number of ether oxygens (including phenoxy) is 1. The lowest BCUT2D eigenvalue weighted by Crippen LogP contribution is -2.18. The number of carbonyl (C=O) groups is 3. The topological polar surface area (TPSA) is 92.7 Å². The molecule has 0 aliphatic rings. The predicted molar refractivity (Wildman–Crippen MR) is 79.1 cm³/mol. The monoisotopic (exact) mass is 299 g/mol. The highest BCUT2D eigenvalue weighted by Gasteiger charge is 2.18. The van der Waals surface area contributed by atoms with Gasteiger partial charge >= 0.3 is 11.9 Å². The van der Waals surface area contributed by atoms with Gasteiger partial charge < -0.3 is 15.2 Å². The van der Waals surface area contributed by atoms with Gasteiger partial charge in [0.2, 0.25) is 0 Å². The van der Waals surface area contributed by atoms with E-state index in [-0.39, 0.29) is 22.4 Å². The van der Waals surface area contributed by atoms with E-state index in [0.29, 0.717) is 0 Å². The summed E-state index contributed by atoms with van der Waals surface area (Å²) in [6.07, 6.45) is 0. The maximum Gasteiger partial charge on any atom is 0.339 e. The molecule has 6 nitrogen and oxygen atoms in total. The fourth-order valence-corrected chi connectivity index (χ4v) is 1.94. The van der Waals surface area contributed by atoms with Gasteiger partial charge in [0.1, 0.15) is 0 Å². The quantitative estimate of drug-likeness (QED) is 0.846. The van der Waals surface area contributed by atoms with Gasteiger partial charge in [-0.1, -0.05) is 24.3 Å². The van der Waals surface area contributed by atoms with Crippen molar-refractivity contribution in [2.24, 2.45) is 0 Å². The smallest absolute Gasteiger partial charge is 0.339 e. The summed E-state index contributed by atoms with van der Waals surface area (Å²) in [5.74, 6) is -2.41. The Hall–Kier alpha value is -3.15. The third kappa shape index (κ3) is 3.12. The van der Waals surface area contributed by atoms with Crippen molar-refractivity contribution in [2.75, 3.05) is 12.4 Å². The normalized spacial score (nSPS) is 9.86. The van der Waals surface area contributed by atoms with Gasteiger partial charge in [-0.15, -0.1) is 0 Å². The molecule has 2 aromatic rings. The van der Waals surface area contributed by atoms with Crippen molar-refractivity contribution in [1.82, 2.24) is 0 Å². The van der Waals surface area contributed by atoms with E-state index >= 15 is 0 Å². The number of hydrogen-bond donors (Lipinski definition) is 2. The number of benzene rings is 2. The molecule has 0 radical (unpaired) electrons. The zero-order chi connectivity index (χ0) is 16.1. The molecule has 0 bridgehead atoms. The number of hydrogen-bond acceptors (Lipinski definition) is 4. The third-order valence-electron chi connectivity index (χ3n) is 2.98. The van der Waals surface area contributed by atoms with E-state index < -0.39 is 17.8 Å². The van der Waals surface area contributed by atoms with Crippen molar-refractivity contribution in [1.29, 1.82) is 0 Å². The highest BCUT2D eigenvalue weighted by Crippen LogP contribution is 2.18. The van der Waals surface area contributed by atoms with Gasteiger partial charge in [-0.25, -0.2) is 9.59 Å². The molecule has 0 aliphatic heterocycles. The highest BCUT2D eigenvalue weighted by molar-refractivity contribution is 6.12. The molecule has 0 saturated carbocycles. The van der Waals surface area contributed by atoms with Crippen LogP contribution in [0.4, 0.5) is 5.69 Å². The van der Waals surface area contributed by atoms with Gasteiger partial charge in [0, 0.05) is 0 Å². The Labute approximate surface area is 126 Å². The molecule has 0 unspecified atom stereocenters. The van der Waals surface area contributed by atoms with Crippen LogP contribution in [0.1, 0.15) is 31.1 Å². The number of methoxy groups -OCH3 is 1. The molecule has 2 aromatic carbocycles. The van der Waals surface area contributed by atoms with Gasteiger partial charge in [0.15, 0.2) is 0 Å². The number of anilines is 1. The SMILES string of the molecule is COC(=O)c1ccccc1NC(=O)c1ccccc1C(=O)O. The first-order valence-corrected chi connectivity index (χ1v) is 6.35. The molecule has 0 aliphatic carbocycles. The third-order valence-corrected chi connectivity index (χ3v) is 2.98. The van der Waals surface area contributed by atoms with Gasteiger partial charge in [-0.3, -0.25) is 4.79 Å². The van der Waals surface area contributed by atoms with Crippen LogP contribution in [0.5, 0.6) is 0 Å². The van der Waals surface area contributed by atoms with E-state index in [9.17, 15) is 14.4 Å². The average Bonchev–Trinajstić information content (AvgIpc) is 2.54. The summed E-state index contributed by atoms with van der Waals surface area (Å²) in [6.45, 7) is 0. The van der Waals surface area contributed by atoms with Gasteiger partial charge in [0.05, 0.1) is 29.5 Å². The van der Waals surface area contributed by atoms with Crippen molar-refractivity contribution < 1.29 is 24.2 Å². The Kier molecular flexibility index (Phi) is 4.53. The second-order valence-electron chi connectivity index (χ2n) is 4.34. The number of carboxylic acid groups (broad SMARTS) is 1. The summed E-state index contributed by atoms with van der Waals surface area (Å²) in [5, 5.41) is 11.6. The first kappa shape index (κ1) is 15.2. The molecule has 2 N–H and O–H groups in total. The number of carboxylic acids is 1. The van der Waals surface area contributed by atoms with Crippen molar-refractivity contribution >= 4 is 23.5 Å². The Bertz CT molecular complexity index is 739. The van der Waals surface area contributed by atoms with E-state index in [1.165, 1.54) is 37.4 Å². The minimum absolute atomic E-state index is 0.00895. The molecule has 22 heavy (non-hydrogen) atoms. The van der Waals surface area contributed by atoms with Crippen LogP contribution in [0, 0.1) is 0 Å². The van der Waals surface area contributed by atoms with Crippen molar-refractivity contribution in [3.63, 3.8) is 0 Å². The molecule has 0 atom stereocenters. The zero-order valence-corrected chi connectivity index (χ0v) is 11.7. The number of amides is 1. The number of aromatic carboxylic acids is 1. The molecule has 0 aromatic heterocycles. The Morgan fingerprint density at radius 3 is 2.05 bits per heavy atom. The Morgan fingerprint density at radius 1 is 0.909 bits per heavy atom. The largest absolute Gasteiger partial charge is 0.478 e. The van der Waals surface area contributed by atoms with Gasteiger partial charge in [-0.2, -0.15) is 0 Å². The number of carbonyl (C=O) groups excluding carboxylic acids is 2. The molecular weight excluding hydrogens is 286 g/mol. The van der Waals surface area contributed by atoms with E-state index in [2.05, 4.69) is 10.1 Å². The lowest BCUT2D eigenvalue weighted by Gasteiger charge is -2.10. The minimum atomic E-state index is -1.20. The van der Waals surface area contributed by atoms with Crippen molar-refractivity contribution in [2.45, 2.75) is 0 Å². The number of nitrogens with one attached hydrogen (secondary N) is 1. The van der Waals surface area contributed by atoms with E-state index in [0.717, 1.165) is 0 Å². The summed E-state index contributed by atoms with van der Waals surface area (Å²) >= 11 is 0. The van der Waals surface area contributed by atoms with Crippen LogP contribution in [-0.2, 0) is 4.74 Å². The van der Waals surface area contributed by atoms with Crippen LogP contribution in [-0.4, -0.2) is 30.1 Å². The van der Waals surface area contributed by atoms with Crippen LogP contribution < -0.4 is 5.32 Å². The molecule has 0 fully saturated rings. The fraction of sp³-hybridized carbons (Fsp3) is 0.0625. The summed E-state index contributed by atoms with van der Waals surface area (Å²) in [4.78, 5) is 35.1. The summed E-state index contributed by atoms with van der Waals surface area (Å²) in [6, 6.07) is 12.1. The molecule has 0 saturated heterocycles. The van der Waals surface area contributed by atoms with Crippen LogP contribution in [0.3, 0.4) is 0 Å². The maximum absolute atomic E-state index is 12.3. The standard InChI is InChI=1S/C16H13NO5/c1-22-16(21)12-8-4-5-9-13(12)17-14(18)10-6-2-3-7-11(10)15(19)20/h2-9H,1H3,(H,17,18)(H,19,20). The van der Waals surface area contributed by atoms with Crippen LogP contribution >= 0.6 is 0 Å². The van der Waals surface area contributed by atoms with Crippen LogP contribution in [0.15, 0.2) is 48.5 Å². The summed E-state index contributed by atoms with van der Waals surface area (Å²) < 4.78 is 4.64. The van der Waals surface area contributed by atoms with Crippen LogP contribution in [0.2, 0.25) is 0 Å². The van der Waals surface area contributed by atoms with Gasteiger partial charge in [-0.05, 0) is 24.3 Å². The molecule has 0 spiro atoms. The van der Waals surface area contributed by atoms with Gasteiger partial charge in [0.25, 0.3) is 5.91 Å². The van der Waals surface area contributed by atoms with Crippen LogP contribution in [0.25, 0.3) is 0 Å². The van der Waals surface area contributed by atoms with E-state index in [1.807, 2.05) is 0 Å². The molecular formula is C16H13NO5. The summed E-state index contributed by atoms with van der Waals surface area (Å²) in [5.41, 5.74) is 0.330. The van der Waals surface area contributed by atoms with E-state index in [1.54, 1.807) is 18.2 Å².